The Hall–Kier alpha value is -2.45. The van der Waals surface area contributed by atoms with Crippen LogP contribution >= 0.6 is 0 Å². The molecule has 0 spiro atoms. The van der Waals surface area contributed by atoms with Gasteiger partial charge >= 0.3 is 6.03 Å². The molecule has 29 heavy (non-hydrogen) atoms. The van der Waals surface area contributed by atoms with Gasteiger partial charge in [-0.15, -0.1) is 0 Å². The Kier molecular flexibility index (Phi) is 6.10. The van der Waals surface area contributed by atoms with Crippen molar-refractivity contribution >= 4 is 17.8 Å². The van der Waals surface area contributed by atoms with Gasteiger partial charge in [-0.05, 0) is 17.5 Å². The van der Waals surface area contributed by atoms with Gasteiger partial charge in [0, 0.05) is 52.1 Å². The van der Waals surface area contributed by atoms with Gasteiger partial charge in [-0.2, -0.15) is 0 Å². The molecule has 0 radical (unpaired) electrons. The average Bonchev–Trinajstić information content (AvgIpc) is 2.97. The van der Waals surface area contributed by atoms with E-state index in [1.807, 2.05) is 24.3 Å². The lowest BCUT2D eigenvalue weighted by atomic mass is 9.95. The quantitative estimate of drug-likeness (QED) is 0.678. The van der Waals surface area contributed by atoms with E-state index in [9.17, 15) is 14.4 Å². The third-order valence-corrected chi connectivity index (χ3v) is 5.92. The number of fused-ring (bicyclic) bond motifs is 2. The molecule has 1 N–H and O–H groups in total. The fraction of sp³-hybridized carbons (Fsp3) is 0.571. The molecule has 3 aliphatic heterocycles. The maximum atomic E-state index is 12.7. The van der Waals surface area contributed by atoms with Gasteiger partial charge in [0.25, 0.3) is 5.91 Å². The highest BCUT2D eigenvalue weighted by Crippen LogP contribution is 2.30. The Morgan fingerprint density at radius 3 is 2.66 bits per heavy atom. The predicted octanol–water partition coefficient (Wildman–Crippen LogP) is 0.604. The number of morpholine rings is 1. The number of hydrogen-bond donors (Lipinski definition) is 1. The highest BCUT2D eigenvalue weighted by atomic mass is 16.5. The standard InChI is InChI=1S/C21H28N4O4/c26-19(22-7-9-23-10-12-29-13-11-23)6-3-8-24-20(27)18-14-16-4-1-2-5-17(16)15-25(18)21(24)28/h1-2,4-5,18H,3,6-15H2,(H,22,26)/t18-/m1/s1. The van der Waals surface area contributed by atoms with Gasteiger partial charge in [-0.25, -0.2) is 4.79 Å². The number of ether oxygens (including phenoxy) is 1. The van der Waals surface area contributed by atoms with Crippen LogP contribution in [0.15, 0.2) is 24.3 Å². The predicted molar refractivity (Wildman–Crippen MR) is 106 cm³/mol. The highest BCUT2D eigenvalue weighted by Gasteiger charge is 2.46. The maximum Gasteiger partial charge on any atom is 0.327 e. The SMILES string of the molecule is O=C(CCCN1C(=O)[C@H]2Cc3ccccc3CN2C1=O)NCCN1CCOCC1. The summed E-state index contributed by atoms with van der Waals surface area (Å²) in [6, 6.07) is 7.31. The molecule has 0 saturated carbocycles. The summed E-state index contributed by atoms with van der Waals surface area (Å²) in [7, 11) is 0. The molecule has 0 bridgehead atoms. The number of urea groups is 1. The first-order valence-electron chi connectivity index (χ1n) is 10.4. The third-order valence-electron chi connectivity index (χ3n) is 5.92. The number of carbonyl (C=O) groups is 3. The minimum absolute atomic E-state index is 0.0394. The van der Waals surface area contributed by atoms with Gasteiger partial charge in [0.2, 0.25) is 5.91 Å². The fourth-order valence-electron chi connectivity index (χ4n) is 4.24. The summed E-state index contributed by atoms with van der Waals surface area (Å²) in [5, 5.41) is 2.92. The number of benzene rings is 1. The van der Waals surface area contributed by atoms with E-state index in [-0.39, 0.29) is 24.4 Å². The summed E-state index contributed by atoms with van der Waals surface area (Å²) in [5.41, 5.74) is 2.24. The summed E-state index contributed by atoms with van der Waals surface area (Å²) < 4.78 is 5.31. The average molecular weight is 400 g/mol. The van der Waals surface area contributed by atoms with Gasteiger partial charge in [0.15, 0.2) is 0 Å². The minimum atomic E-state index is -0.403. The van der Waals surface area contributed by atoms with E-state index in [0.717, 1.165) is 44.0 Å². The van der Waals surface area contributed by atoms with Crippen molar-refractivity contribution in [1.82, 2.24) is 20.0 Å². The Labute approximate surface area is 170 Å². The van der Waals surface area contributed by atoms with Crippen molar-refractivity contribution < 1.29 is 19.1 Å². The van der Waals surface area contributed by atoms with Crippen molar-refractivity contribution in [2.45, 2.75) is 31.8 Å². The summed E-state index contributed by atoms with van der Waals surface area (Å²) in [4.78, 5) is 42.7. The number of nitrogens with zero attached hydrogens (tertiary/aromatic N) is 3. The number of rotatable bonds is 7. The highest BCUT2D eigenvalue weighted by molar-refractivity contribution is 6.04. The third kappa shape index (κ3) is 4.43. The number of imide groups is 1. The van der Waals surface area contributed by atoms with Crippen LogP contribution in [0.1, 0.15) is 24.0 Å². The van der Waals surface area contributed by atoms with Crippen LogP contribution in [0.4, 0.5) is 4.79 Å². The summed E-state index contributed by atoms with van der Waals surface area (Å²) in [6.45, 7) is 5.47. The molecule has 1 atom stereocenters. The zero-order valence-electron chi connectivity index (χ0n) is 16.6. The smallest absolute Gasteiger partial charge is 0.327 e. The number of nitrogens with one attached hydrogen (secondary N) is 1. The normalized spacial score (nSPS) is 21.9. The van der Waals surface area contributed by atoms with Gasteiger partial charge in [-0.3, -0.25) is 19.4 Å². The Balaban J connectivity index is 1.21. The molecule has 3 aliphatic rings. The second kappa shape index (κ2) is 8.92. The lowest BCUT2D eigenvalue weighted by molar-refractivity contribution is -0.129. The fourth-order valence-corrected chi connectivity index (χ4v) is 4.24. The number of amides is 4. The van der Waals surface area contributed by atoms with E-state index >= 15 is 0 Å². The van der Waals surface area contributed by atoms with Crippen LogP contribution < -0.4 is 5.32 Å². The van der Waals surface area contributed by atoms with E-state index in [4.69, 9.17) is 4.74 Å². The van der Waals surface area contributed by atoms with Crippen molar-refractivity contribution in [2.24, 2.45) is 0 Å². The van der Waals surface area contributed by atoms with Crippen molar-refractivity contribution in [3.05, 3.63) is 35.4 Å². The molecule has 4 amide bonds. The van der Waals surface area contributed by atoms with Gasteiger partial charge < -0.3 is 15.0 Å². The Morgan fingerprint density at radius 2 is 1.86 bits per heavy atom. The van der Waals surface area contributed by atoms with Crippen LogP contribution in [0, 0.1) is 0 Å². The van der Waals surface area contributed by atoms with E-state index < -0.39 is 6.04 Å². The number of carbonyl (C=O) groups excluding carboxylic acids is 3. The van der Waals surface area contributed by atoms with E-state index in [1.54, 1.807) is 4.90 Å². The molecule has 8 heteroatoms. The molecule has 8 nitrogen and oxygen atoms in total. The molecule has 3 heterocycles. The molecule has 156 valence electrons. The second-order valence-electron chi connectivity index (χ2n) is 7.80. The molecule has 0 unspecified atom stereocenters. The first-order chi connectivity index (χ1) is 14.1. The largest absolute Gasteiger partial charge is 0.379 e. The lowest BCUT2D eigenvalue weighted by Gasteiger charge is -2.28. The molecule has 4 rings (SSSR count). The lowest BCUT2D eigenvalue weighted by Crippen LogP contribution is -2.41. The summed E-state index contributed by atoms with van der Waals surface area (Å²) in [6.07, 6.45) is 1.36. The van der Waals surface area contributed by atoms with E-state index in [2.05, 4.69) is 10.2 Å². The van der Waals surface area contributed by atoms with Crippen LogP contribution in [0.25, 0.3) is 0 Å². The van der Waals surface area contributed by atoms with Crippen LogP contribution in [0.3, 0.4) is 0 Å². The van der Waals surface area contributed by atoms with Gasteiger partial charge in [-0.1, -0.05) is 24.3 Å². The van der Waals surface area contributed by atoms with Crippen LogP contribution in [0.2, 0.25) is 0 Å². The van der Waals surface area contributed by atoms with Crippen molar-refractivity contribution in [3.63, 3.8) is 0 Å². The first-order valence-corrected chi connectivity index (χ1v) is 10.4. The molecule has 1 aromatic rings. The monoisotopic (exact) mass is 400 g/mol. The van der Waals surface area contributed by atoms with E-state index in [0.29, 0.717) is 32.4 Å². The van der Waals surface area contributed by atoms with Crippen LogP contribution in [0.5, 0.6) is 0 Å². The molecule has 1 aromatic carbocycles. The summed E-state index contributed by atoms with van der Waals surface area (Å²) >= 11 is 0. The van der Waals surface area contributed by atoms with Gasteiger partial charge in [0.05, 0.1) is 13.2 Å². The first kappa shape index (κ1) is 19.8. The zero-order valence-corrected chi connectivity index (χ0v) is 16.6. The van der Waals surface area contributed by atoms with Crippen molar-refractivity contribution in [3.8, 4) is 0 Å². The minimum Gasteiger partial charge on any atom is -0.379 e. The van der Waals surface area contributed by atoms with Gasteiger partial charge in [0.1, 0.15) is 6.04 Å². The van der Waals surface area contributed by atoms with Crippen LogP contribution in [-0.4, -0.2) is 84.5 Å². The Bertz CT molecular complexity index is 735. The zero-order chi connectivity index (χ0) is 20.2. The van der Waals surface area contributed by atoms with Crippen molar-refractivity contribution in [1.29, 1.82) is 0 Å². The van der Waals surface area contributed by atoms with Crippen LogP contribution in [-0.2, 0) is 27.3 Å². The molecule has 0 aliphatic carbocycles. The second-order valence-corrected chi connectivity index (χ2v) is 7.80. The molecular formula is C21H28N4O4. The molecule has 0 aromatic heterocycles. The summed E-state index contributed by atoms with van der Waals surface area (Å²) in [5.74, 6) is -0.181. The topological polar surface area (TPSA) is 82.2 Å². The molecule has 2 saturated heterocycles. The van der Waals surface area contributed by atoms with Crippen molar-refractivity contribution in [2.75, 3.05) is 45.9 Å². The Morgan fingerprint density at radius 1 is 1.10 bits per heavy atom. The molecular weight excluding hydrogens is 372 g/mol. The van der Waals surface area contributed by atoms with E-state index in [1.165, 1.54) is 4.90 Å². The molecule has 2 fully saturated rings. The number of hydrogen-bond acceptors (Lipinski definition) is 5. The maximum absolute atomic E-state index is 12.7.